The molecule has 2 aromatic heterocycles. The number of ether oxygens (including phenoxy) is 2. The number of nitrogens with zero attached hydrogens (tertiary/aromatic N) is 3. The number of pyridine rings is 1. The fourth-order valence-corrected chi connectivity index (χ4v) is 4.28. The van der Waals surface area contributed by atoms with E-state index < -0.39 is 5.82 Å². The molecule has 0 radical (unpaired) electrons. The summed E-state index contributed by atoms with van der Waals surface area (Å²) in [4.78, 5) is 10.8. The average Bonchev–Trinajstić information content (AvgIpc) is 2.94. The second kappa shape index (κ2) is 6.38. The molecule has 2 saturated heterocycles. The lowest BCUT2D eigenvalue weighted by molar-refractivity contribution is -0.188. The minimum Gasteiger partial charge on any atom is -0.472 e. The largest absolute Gasteiger partial charge is 0.472 e. The van der Waals surface area contributed by atoms with E-state index in [2.05, 4.69) is 20.2 Å². The zero-order chi connectivity index (χ0) is 16.6. The molecule has 2 fully saturated rings. The number of aryl methyl sites for hydroxylation is 1. The van der Waals surface area contributed by atoms with Gasteiger partial charge in [-0.25, -0.2) is 14.4 Å². The van der Waals surface area contributed by atoms with Gasteiger partial charge < -0.3 is 9.47 Å². The van der Waals surface area contributed by atoms with Gasteiger partial charge in [0.25, 0.3) is 5.88 Å². The summed E-state index contributed by atoms with van der Waals surface area (Å²) in [7, 11) is 0. The van der Waals surface area contributed by atoms with Crippen molar-refractivity contribution < 1.29 is 13.9 Å². The van der Waals surface area contributed by atoms with E-state index in [-0.39, 0.29) is 17.6 Å². The van der Waals surface area contributed by atoms with Crippen molar-refractivity contribution in [3.63, 3.8) is 0 Å². The smallest absolute Gasteiger partial charge is 0.250 e. The lowest BCUT2D eigenvalue weighted by Gasteiger charge is -2.52. The third-order valence-corrected chi connectivity index (χ3v) is 5.45. The number of thiazole rings is 1. The molecule has 1 unspecified atom stereocenters. The Morgan fingerprint density at radius 3 is 3.12 bits per heavy atom. The number of rotatable bonds is 4. The molecule has 4 rings (SSSR count). The molecule has 7 heteroatoms. The fraction of sp³-hybridized carbons (Fsp3) is 0.529. The minimum atomic E-state index is -0.410. The summed E-state index contributed by atoms with van der Waals surface area (Å²) in [5, 5.41) is 3.22. The Hall–Kier alpha value is -1.57. The van der Waals surface area contributed by atoms with Gasteiger partial charge in [-0.1, -0.05) is 0 Å². The van der Waals surface area contributed by atoms with Crippen molar-refractivity contribution in [2.45, 2.75) is 38.0 Å². The van der Waals surface area contributed by atoms with Gasteiger partial charge in [-0.15, -0.1) is 11.3 Å². The zero-order valence-electron chi connectivity index (χ0n) is 13.6. The molecule has 0 aromatic carbocycles. The molecular formula is C17H20FN3O2S. The Labute approximate surface area is 144 Å². The van der Waals surface area contributed by atoms with Crippen LogP contribution in [0.15, 0.2) is 23.7 Å². The van der Waals surface area contributed by atoms with Gasteiger partial charge >= 0.3 is 0 Å². The van der Waals surface area contributed by atoms with Crippen molar-refractivity contribution in [1.29, 1.82) is 0 Å². The summed E-state index contributed by atoms with van der Waals surface area (Å²) in [6.45, 7) is 5.26. The van der Waals surface area contributed by atoms with Crippen molar-refractivity contribution in [3.05, 3.63) is 40.2 Å². The van der Waals surface area contributed by atoms with Gasteiger partial charge in [-0.3, -0.25) is 4.90 Å². The molecule has 0 saturated carbocycles. The topological polar surface area (TPSA) is 47.5 Å². The second-order valence-corrected chi connectivity index (χ2v) is 7.52. The van der Waals surface area contributed by atoms with Crippen LogP contribution in [0.4, 0.5) is 4.39 Å². The van der Waals surface area contributed by atoms with Crippen molar-refractivity contribution in [1.82, 2.24) is 14.9 Å². The fourth-order valence-electron chi connectivity index (χ4n) is 3.47. The molecule has 0 bridgehead atoms. The molecule has 1 spiro atoms. The first-order chi connectivity index (χ1) is 11.6. The molecule has 1 atom stereocenters. The summed E-state index contributed by atoms with van der Waals surface area (Å²) in [5.74, 6) is -0.318. The lowest BCUT2D eigenvalue weighted by Crippen LogP contribution is -2.65. The quantitative estimate of drug-likeness (QED) is 0.849. The van der Waals surface area contributed by atoms with E-state index in [4.69, 9.17) is 9.47 Å². The van der Waals surface area contributed by atoms with Crippen LogP contribution in [0, 0.1) is 12.7 Å². The molecule has 128 valence electrons. The molecule has 2 aliphatic heterocycles. The zero-order valence-corrected chi connectivity index (χ0v) is 14.4. The maximum absolute atomic E-state index is 13.7. The minimum absolute atomic E-state index is 0.0487. The molecule has 0 N–H and O–H groups in total. The Morgan fingerprint density at radius 2 is 2.38 bits per heavy atom. The first-order valence-electron chi connectivity index (χ1n) is 8.16. The third kappa shape index (κ3) is 3.29. The van der Waals surface area contributed by atoms with E-state index >= 15 is 0 Å². The van der Waals surface area contributed by atoms with E-state index in [9.17, 15) is 4.39 Å². The van der Waals surface area contributed by atoms with Gasteiger partial charge in [-0.05, 0) is 19.1 Å². The van der Waals surface area contributed by atoms with Crippen LogP contribution in [0.5, 0.6) is 5.88 Å². The number of likely N-dealkylation sites (tertiary alicyclic amines) is 1. The van der Waals surface area contributed by atoms with Crippen molar-refractivity contribution in [3.8, 4) is 5.88 Å². The van der Waals surface area contributed by atoms with Gasteiger partial charge in [0.15, 0.2) is 5.82 Å². The Morgan fingerprint density at radius 1 is 1.50 bits per heavy atom. The van der Waals surface area contributed by atoms with Gasteiger partial charge in [0, 0.05) is 43.2 Å². The maximum Gasteiger partial charge on any atom is 0.250 e. The van der Waals surface area contributed by atoms with E-state index in [1.807, 2.05) is 6.92 Å². The van der Waals surface area contributed by atoms with Crippen molar-refractivity contribution in [2.24, 2.45) is 0 Å². The van der Waals surface area contributed by atoms with Gasteiger partial charge in [-0.2, -0.15) is 0 Å². The first-order valence-corrected chi connectivity index (χ1v) is 9.04. The summed E-state index contributed by atoms with van der Waals surface area (Å²) < 4.78 is 25.5. The Kier molecular flexibility index (Phi) is 4.24. The number of hydrogen-bond acceptors (Lipinski definition) is 6. The van der Waals surface area contributed by atoms with Crippen LogP contribution in [-0.2, 0) is 11.3 Å². The van der Waals surface area contributed by atoms with Crippen LogP contribution in [0.25, 0.3) is 0 Å². The number of hydrogen-bond donors (Lipinski definition) is 0. The highest BCUT2D eigenvalue weighted by atomic mass is 32.1. The SMILES string of the molecule is Cc1csc(CN2CC3(CC(Oc4ncccc4F)CCO3)C2)n1. The van der Waals surface area contributed by atoms with Crippen LogP contribution >= 0.6 is 11.3 Å². The molecule has 0 amide bonds. The molecule has 24 heavy (non-hydrogen) atoms. The normalized spacial score (nSPS) is 23.2. The molecule has 5 nitrogen and oxygen atoms in total. The highest BCUT2D eigenvalue weighted by Crippen LogP contribution is 2.36. The Bertz CT molecular complexity index is 717. The van der Waals surface area contributed by atoms with Crippen LogP contribution in [0.1, 0.15) is 23.5 Å². The molecule has 4 heterocycles. The Balaban J connectivity index is 1.33. The van der Waals surface area contributed by atoms with E-state index in [0.717, 1.165) is 43.2 Å². The van der Waals surface area contributed by atoms with Crippen molar-refractivity contribution >= 4 is 11.3 Å². The van der Waals surface area contributed by atoms with E-state index in [1.54, 1.807) is 23.6 Å². The number of halogens is 1. The summed E-state index contributed by atoms with van der Waals surface area (Å²) in [6.07, 6.45) is 3.04. The van der Waals surface area contributed by atoms with Gasteiger partial charge in [0.05, 0.1) is 18.8 Å². The van der Waals surface area contributed by atoms with E-state index in [0.29, 0.717) is 6.61 Å². The monoisotopic (exact) mass is 349 g/mol. The van der Waals surface area contributed by atoms with Crippen LogP contribution < -0.4 is 4.74 Å². The standard InChI is InChI=1S/C17H20FN3O2S/c1-12-9-24-15(20-12)8-21-10-17(11-21)7-13(4-6-22-17)23-16-14(18)3-2-5-19-16/h2-3,5,9,13H,4,6-8,10-11H2,1H3. The van der Waals surface area contributed by atoms with Gasteiger partial charge in [0.1, 0.15) is 11.1 Å². The second-order valence-electron chi connectivity index (χ2n) is 6.58. The highest BCUT2D eigenvalue weighted by Gasteiger charge is 2.48. The summed E-state index contributed by atoms with van der Waals surface area (Å²) in [5.41, 5.74) is 0.908. The molecule has 2 aromatic rings. The molecule has 2 aliphatic rings. The van der Waals surface area contributed by atoms with Crippen molar-refractivity contribution in [2.75, 3.05) is 19.7 Å². The van der Waals surface area contributed by atoms with Crippen LogP contribution in [0.3, 0.4) is 0 Å². The molecular weight excluding hydrogens is 329 g/mol. The van der Waals surface area contributed by atoms with Gasteiger partial charge in [0.2, 0.25) is 0 Å². The predicted molar refractivity (Wildman–Crippen MR) is 88.7 cm³/mol. The average molecular weight is 349 g/mol. The van der Waals surface area contributed by atoms with E-state index in [1.165, 1.54) is 6.07 Å². The lowest BCUT2D eigenvalue weighted by atomic mass is 9.84. The maximum atomic E-state index is 13.7. The third-order valence-electron chi connectivity index (χ3n) is 4.50. The predicted octanol–water partition coefficient (Wildman–Crippen LogP) is 2.80. The summed E-state index contributed by atoms with van der Waals surface area (Å²) >= 11 is 1.70. The first kappa shape index (κ1) is 15.9. The molecule has 0 aliphatic carbocycles. The van der Waals surface area contributed by atoms with Crippen LogP contribution in [0.2, 0.25) is 0 Å². The number of aromatic nitrogens is 2. The van der Waals surface area contributed by atoms with Crippen LogP contribution in [-0.4, -0.2) is 46.3 Å². The summed E-state index contributed by atoms with van der Waals surface area (Å²) in [6, 6.07) is 2.94. The highest BCUT2D eigenvalue weighted by molar-refractivity contribution is 7.09.